The smallest absolute Gasteiger partial charge is 0.246 e. The SMILES string of the molecule is CC[C@@H](CO)N1C(=O)[C@@H]2[C@@H](C(=O)Nc3ccccc3)[C@@]3(C)CCC2(O3)C1C(=O)NCc1ccccc1. The fourth-order valence-electron chi connectivity index (χ4n) is 6.49. The molecule has 8 nitrogen and oxygen atoms in total. The van der Waals surface area contributed by atoms with Gasteiger partial charge in [0.15, 0.2) is 0 Å². The van der Waals surface area contributed by atoms with Crippen LogP contribution in [-0.2, 0) is 25.7 Å². The van der Waals surface area contributed by atoms with Gasteiger partial charge < -0.3 is 25.4 Å². The molecule has 3 N–H and O–H groups in total. The highest BCUT2D eigenvalue weighted by molar-refractivity contribution is 6.02. The standard InChI is InChI=1S/C28H33N3O5/c1-3-20(17-32)31-23(25(34)29-16-18-10-6-4-7-11-18)28-15-14-27(2,36-28)21(22(28)26(31)35)24(33)30-19-12-8-5-9-13-19/h4-13,20-23,32H,3,14-17H2,1-2H3,(H,29,34)(H,30,33)/t20-,21-,22-,23?,27+,28?/m0/s1. The van der Waals surface area contributed by atoms with Crippen LogP contribution in [-0.4, -0.2) is 57.6 Å². The predicted octanol–water partition coefficient (Wildman–Crippen LogP) is 2.48. The summed E-state index contributed by atoms with van der Waals surface area (Å²) in [6, 6.07) is 17.2. The van der Waals surface area contributed by atoms with E-state index in [1.807, 2.05) is 62.4 Å². The minimum atomic E-state index is -1.12. The molecule has 6 atom stereocenters. The molecule has 2 bridgehead atoms. The number of hydrogen-bond donors (Lipinski definition) is 3. The lowest BCUT2D eigenvalue weighted by molar-refractivity contribution is -0.149. The zero-order valence-corrected chi connectivity index (χ0v) is 20.6. The zero-order valence-electron chi connectivity index (χ0n) is 20.6. The molecule has 3 fully saturated rings. The second-order valence-electron chi connectivity index (χ2n) is 10.3. The van der Waals surface area contributed by atoms with Crippen molar-refractivity contribution in [1.82, 2.24) is 10.2 Å². The molecule has 0 aliphatic carbocycles. The average Bonchev–Trinajstić information content (AvgIpc) is 3.46. The van der Waals surface area contributed by atoms with Crippen LogP contribution >= 0.6 is 0 Å². The number of carbonyl (C=O) groups is 3. The molecule has 3 aliphatic rings. The number of aliphatic hydroxyl groups excluding tert-OH is 1. The first kappa shape index (κ1) is 24.5. The Hall–Kier alpha value is -3.23. The number of benzene rings is 2. The molecule has 0 aromatic heterocycles. The van der Waals surface area contributed by atoms with Crippen molar-refractivity contribution < 1.29 is 24.2 Å². The third-order valence-corrected chi connectivity index (χ3v) is 8.17. The van der Waals surface area contributed by atoms with Gasteiger partial charge in [-0.15, -0.1) is 0 Å². The fourth-order valence-corrected chi connectivity index (χ4v) is 6.49. The number of para-hydroxylation sites is 1. The number of aliphatic hydroxyl groups is 1. The van der Waals surface area contributed by atoms with Crippen molar-refractivity contribution in [1.29, 1.82) is 0 Å². The molecule has 36 heavy (non-hydrogen) atoms. The van der Waals surface area contributed by atoms with Crippen molar-refractivity contribution in [2.75, 3.05) is 11.9 Å². The highest BCUT2D eigenvalue weighted by Crippen LogP contribution is 2.63. The van der Waals surface area contributed by atoms with Crippen LogP contribution in [0.4, 0.5) is 5.69 Å². The number of carbonyl (C=O) groups excluding carboxylic acids is 3. The number of anilines is 1. The number of fused-ring (bicyclic) bond motifs is 1. The molecule has 0 saturated carbocycles. The first-order valence-electron chi connectivity index (χ1n) is 12.7. The average molecular weight is 492 g/mol. The quantitative estimate of drug-likeness (QED) is 0.526. The molecule has 3 aliphatic heterocycles. The van der Waals surface area contributed by atoms with Gasteiger partial charge in [0.1, 0.15) is 11.6 Å². The monoisotopic (exact) mass is 491 g/mol. The van der Waals surface area contributed by atoms with Crippen molar-refractivity contribution >= 4 is 23.4 Å². The molecule has 8 heteroatoms. The maximum atomic E-state index is 14.0. The number of nitrogens with zero attached hydrogens (tertiary/aromatic N) is 1. The maximum Gasteiger partial charge on any atom is 0.246 e. The van der Waals surface area contributed by atoms with Gasteiger partial charge in [-0.05, 0) is 43.9 Å². The Kier molecular flexibility index (Phi) is 6.34. The lowest BCUT2D eigenvalue weighted by Crippen LogP contribution is -2.57. The van der Waals surface area contributed by atoms with E-state index in [0.29, 0.717) is 31.5 Å². The van der Waals surface area contributed by atoms with Crippen LogP contribution in [0.5, 0.6) is 0 Å². The van der Waals surface area contributed by atoms with E-state index in [9.17, 15) is 19.5 Å². The molecule has 3 saturated heterocycles. The van der Waals surface area contributed by atoms with Crippen LogP contribution in [0.2, 0.25) is 0 Å². The number of amides is 3. The first-order valence-corrected chi connectivity index (χ1v) is 12.7. The van der Waals surface area contributed by atoms with Crippen molar-refractivity contribution in [2.24, 2.45) is 11.8 Å². The third-order valence-electron chi connectivity index (χ3n) is 8.17. The summed E-state index contributed by atoms with van der Waals surface area (Å²) in [6.45, 7) is 3.78. The van der Waals surface area contributed by atoms with Crippen molar-refractivity contribution in [2.45, 2.75) is 62.9 Å². The topological polar surface area (TPSA) is 108 Å². The Morgan fingerprint density at radius 3 is 2.39 bits per heavy atom. The normalized spacial score (nSPS) is 31.2. The molecular weight excluding hydrogens is 458 g/mol. The molecular formula is C28H33N3O5. The van der Waals surface area contributed by atoms with Crippen molar-refractivity contribution in [3.63, 3.8) is 0 Å². The van der Waals surface area contributed by atoms with Gasteiger partial charge in [-0.1, -0.05) is 55.5 Å². The molecule has 0 radical (unpaired) electrons. The van der Waals surface area contributed by atoms with E-state index in [2.05, 4.69) is 10.6 Å². The second-order valence-corrected chi connectivity index (χ2v) is 10.3. The van der Waals surface area contributed by atoms with Crippen LogP contribution in [0, 0.1) is 11.8 Å². The van der Waals surface area contributed by atoms with Gasteiger partial charge in [0, 0.05) is 12.2 Å². The molecule has 3 amide bonds. The Morgan fingerprint density at radius 1 is 1.08 bits per heavy atom. The molecule has 190 valence electrons. The number of hydrogen-bond acceptors (Lipinski definition) is 5. The van der Waals surface area contributed by atoms with Crippen LogP contribution in [0.1, 0.15) is 38.7 Å². The van der Waals surface area contributed by atoms with E-state index in [1.54, 1.807) is 12.1 Å². The van der Waals surface area contributed by atoms with Gasteiger partial charge in [0.2, 0.25) is 17.7 Å². The van der Waals surface area contributed by atoms with Gasteiger partial charge in [-0.25, -0.2) is 0 Å². The molecule has 5 rings (SSSR count). The summed E-state index contributed by atoms with van der Waals surface area (Å²) in [7, 11) is 0. The molecule has 3 heterocycles. The van der Waals surface area contributed by atoms with Crippen molar-refractivity contribution in [3.8, 4) is 0 Å². The molecule has 2 unspecified atom stereocenters. The van der Waals surface area contributed by atoms with E-state index in [4.69, 9.17) is 4.74 Å². The van der Waals surface area contributed by atoms with E-state index in [-0.39, 0.29) is 24.3 Å². The Labute approximate surface area is 211 Å². The summed E-state index contributed by atoms with van der Waals surface area (Å²) in [4.78, 5) is 42.8. The highest BCUT2D eigenvalue weighted by atomic mass is 16.5. The van der Waals surface area contributed by atoms with Gasteiger partial charge >= 0.3 is 0 Å². The predicted molar refractivity (Wildman–Crippen MR) is 134 cm³/mol. The fraction of sp³-hybridized carbons (Fsp3) is 0.464. The minimum Gasteiger partial charge on any atom is -0.394 e. The van der Waals surface area contributed by atoms with E-state index in [1.165, 1.54) is 4.90 Å². The summed E-state index contributed by atoms with van der Waals surface area (Å²) < 4.78 is 6.60. The summed E-state index contributed by atoms with van der Waals surface area (Å²) in [5, 5.41) is 16.0. The number of likely N-dealkylation sites (tertiary alicyclic amines) is 1. The largest absolute Gasteiger partial charge is 0.394 e. The van der Waals surface area contributed by atoms with E-state index >= 15 is 0 Å². The minimum absolute atomic E-state index is 0.272. The lowest BCUT2D eigenvalue weighted by atomic mass is 9.66. The maximum absolute atomic E-state index is 14.0. The van der Waals surface area contributed by atoms with Crippen LogP contribution in [0.3, 0.4) is 0 Å². The van der Waals surface area contributed by atoms with Gasteiger partial charge in [0.05, 0.1) is 30.1 Å². The van der Waals surface area contributed by atoms with Crippen LogP contribution in [0.15, 0.2) is 60.7 Å². The van der Waals surface area contributed by atoms with E-state index < -0.39 is 35.1 Å². The number of nitrogens with one attached hydrogen (secondary N) is 2. The Bertz CT molecular complexity index is 1140. The van der Waals surface area contributed by atoms with Crippen molar-refractivity contribution in [3.05, 3.63) is 66.2 Å². The Morgan fingerprint density at radius 2 is 1.75 bits per heavy atom. The van der Waals surface area contributed by atoms with E-state index in [0.717, 1.165) is 5.56 Å². The third kappa shape index (κ3) is 3.79. The van der Waals surface area contributed by atoms with Gasteiger partial charge in [-0.2, -0.15) is 0 Å². The van der Waals surface area contributed by atoms with Gasteiger partial charge in [0.25, 0.3) is 0 Å². The number of rotatable bonds is 8. The summed E-state index contributed by atoms with van der Waals surface area (Å²) in [6.07, 6.45) is 1.54. The van der Waals surface area contributed by atoms with Crippen LogP contribution in [0.25, 0.3) is 0 Å². The van der Waals surface area contributed by atoms with Crippen LogP contribution < -0.4 is 10.6 Å². The summed E-state index contributed by atoms with van der Waals surface area (Å²) in [5.74, 6) is -2.45. The van der Waals surface area contributed by atoms with Gasteiger partial charge in [-0.3, -0.25) is 14.4 Å². The first-order chi connectivity index (χ1) is 17.3. The summed E-state index contributed by atoms with van der Waals surface area (Å²) in [5.41, 5.74) is -0.393. The molecule has 1 spiro atoms. The summed E-state index contributed by atoms with van der Waals surface area (Å²) >= 11 is 0. The Balaban J connectivity index is 1.49. The zero-order chi connectivity index (χ0) is 25.5. The second kappa shape index (κ2) is 9.33. The highest BCUT2D eigenvalue weighted by Gasteiger charge is 2.78. The molecule has 2 aromatic rings. The molecule has 2 aromatic carbocycles. The number of ether oxygens (including phenoxy) is 1. The lowest BCUT2D eigenvalue weighted by Gasteiger charge is -2.36.